The second-order valence-electron chi connectivity index (χ2n) is 3.99. The molecule has 0 aliphatic carbocycles. The predicted molar refractivity (Wildman–Crippen MR) is 74.2 cm³/mol. The van der Waals surface area contributed by atoms with Gasteiger partial charge in [0.15, 0.2) is 0 Å². The van der Waals surface area contributed by atoms with E-state index in [4.69, 9.17) is 11.6 Å². The Morgan fingerprint density at radius 1 is 1.05 bits per heavy atom. The van der Waals surface area contributed by atoms with Gasteiger partial charge in [0.05, 0.1) is 16.2 Å². The molecule has 0 unspecified atom stereocenters. The van der Waals surface area contributed by atoms with Crippen LogP contribution < -0.4 is 5.32 Å². The summed E-state index contributed by atoms with van der Waals surface area (Å²) in [6.45, 7) is 0. The van der Waals surface area contributed by atoms with E-state index >= 15 is 0 Å². The molecule has 1 heterocycles. The summed E-state index contributed by atoms with van der Waals surface area (Å²) in [6, 6.07) is 11.8. The van der Waals surface area contributed by atoms with Gasteiger partial charge in [-0.15, -0.1) is 0 Å². The fourth-order valence-electron chi connectivity index (χ4n) is 1.82. The predicted octanol–water partition coefficient (Wildman–Crippen LogP) is 4.17. The molecule has 94 valence electrons. The number of fused-ring (bicyclic) bond motifs is 1. The highest BCUT2D eigenvalue weighted by atomic mass is 35.5. The van der Waals surface area contributed by atoms with E-state index in [1.807, 2.05) is 24.3 Å². The van der Waals surface area contributed by atoms with Gasteiger partial charge in [-0.25, -0.2) is 14.4 Å². The fourth-order valence-corrected chi connectivity index (χ4v) is 2.04. The van der Waals surface area contributed by atoms with Crippen LogP contribution in [0.1, 0.15) is 0 Å². The minimum Gasteiger partial charge on any atom is -0.338 e. The van der Waals surface area contributed by atoms with Crippen molar-refractivity contribution in [2.75, 3.05) is 5.32 Å². The molecule has 0 amide bonds. The molecule has 0 bridgehead atoms. The molecule has 1 N–H and O–H groups in total. The number of anilines is 2. The number of nitrogens with one attached hydrogen (secondary N) is 1. The molecule has 0 aliphatic rings. The first-order valence-corrected chi connectivity index (χ1v) is 6.03. The summed E-state index contributed by atoms with van der Waals surface area (Å²) in [5.41, 5.74) is 1.44. The molecule has 0 atom stereocenters. The molecule has 3 rings (SSSR count). The molecule has 3 aromatic rings. The molecule has 0 radical (unpaired) electrons. The van der Waals surface area contributed by atoms with Crippen molar-refractivity contribution in [3.8, 4) is 0 Å². The Morgan fingerprint density at radius 3 is 2.74 bits per heavy atom. The van der Waals surface area contributed by atoms with Gasteiger partial charge >= 0.3 is 0 Å². The van der Waals surface area contributed by atoms with Crippen molar-refractivity contribution < 1.29 is 4.39 Å². The third-order valence-electron chi connectivity index (χ3n) is 2.73. The molecule has 0 saturated heterocycles. The number of rotatable bonds is 2. The summed E-state index contributed by atoms with van der Waals surface area (Å²) in [5, 5.41) is 4.28. The minimum atomic E-state index is -0.372. The zero-order chi connectivity index (χ0) is 13.2. The fraction of sp³-hybridized carbons (Fsp3) is 0. The Labute approximate surface area is 114 Å². The summed E-state index contributed by atoms with van der Waals surface area (Å²) in [4.78, 5) is 8.37. The van der Waals surface area contributed by atoms with Gasteiger partial charge in [0.1, 0.15) is 18.0 Å². The van der Waals surface area contributed by atoms with Crippen molar-refractivity contribution in [3.63, 3.8) is 0 Å². The first-order chi connectivity index (χ1) is 9.24. The van der Waals surface area contributed by atoms with Crippen LogP contribution in [0.15, 0.2) is 48.8 Å². The lowest BCUT2D eigenvalue weighted by Crippen LogP contribution is -1.96. The monoisotopic (exact) mass is 273 g/mol. The second-order valence-corrected chi connectivity index (χ2v) is 4.40. The van der Waals surface area contributed by atoms with E-state index in [0.717, 1.165) is 10.9 Å². The minimum absolute atomic E-state index is 0.308. The van der Waals surface area contributed by atoms with Crippen LogP contribution in [-0.4, -0.2) is 9.97 Å². The lowest BCUT2D eigenvalue weighted by atomic mass is 10.2. The van der Waals surface area contributed by atoms with E-state index in [0.29, 0.717) is 16.5 Å². The van der Waals surface area contributed by atoms with Gasteiger partial charge in [0.25, 0.3) is 0 Å². The lowest BCUT2D eigenvalue weighted by Gasteiger charge is -2.09. The second kappa shape index (κ2) is 4.82. The quantitative estimate of drug-likeness (QED) is 0.762. The normalized spacial score (nSPS) is 10.6. The highest BCUT2D eigenvalue weighted by molar-refractivity contribution is 6.33. The van der Waals surface area contributed by atoms with Gasteiger partial charge in [-0.05, 0) is 30.3 Å². The van der Waals surface area contributed by atoms with Crippen molar-refractivity contribution in [3.05, 3.63) is 59.6 Å². The van der Waals surface area contributed by atoms with Crippen LogP contribution in [0.2, 0.25) is 5.02 Å². The van der Waals surface area contributed by atoms with Crippen molar-refractivity contribution in [2.45, 2.75) is 0 Å². The maximum atomic E-state index is 13.0. The van der Waals surface area contributed by atoms with E-state index < -0.39 is 0 Å². The van der Waals surface area contributed by atoms with E-state index in [1.54, 1.807) is 6.07 Å². The van der Waals surface area contributed by atoms with Crippen LogP contribution in [-0.2, 0) is 0 Å². The lowest BCUT2D eigenvalue weighted by molar-refractivity contribution is 0.628. The molecular formula is C14H9ClFN3. The molecule has 0 saturated carbocycles. The third kappa shape index (κ3) is 2.35. The summed E-state index contributed by atoms with van der Waals surface area (Å²) in [7, 11) is 0. The van der Waals surface area contributed by atoms with E-state index in [-0.39, 0.29) is 5.82 Å². The maximum absolute atomic E-state index is 13.0. The standard InChI is InChI=1S/C14H9ClFN3/c15-11-7-9(16)5-6-13(11)19-14-10-3-1-2-4-12(10)17-8-18-14/h1-8H,(H,17,18,19). The highest BCUT2D eigenvalue weighted by Gasteiger charge is 2.06. The van der Waals surface area contributed by atoms with Crippen molar-refractivity contribution in [1.82, 2.24) is 9.97 Å². The first kappa shape index (κ1) is 11.9. The topological polar surface area (TPSA) is 37.8 Å². The van der Waals surface area contributed by atoms with Crippen LogP contribution in [0.25, 0.3) is 10.9 Å². The summed E-state index contributed by atoms with van der Waals surface area (Å²) < 4.78 is 13.0. The van der Waals surface area contributed by atoms with Gasteiger partial charge in [0.2, 0.25) is 0 Å². The Kier molecular flexibility index (Phi) is 3.01. The van der Waals surface area contributed by atoms with Gasteiger partial charge in [0, 0.05) is 5.39 Å². The average Bonchev–Trinajstić information content (AvgIpc) is 2.42. The maximum Gasteiger partial charge on any atom is 0.141 e. The molecule has 1 aromatic heterocycles. The van der Waals surface area contributed by atoms with Crippen molar-refractivity contribution in [1.29, 1.82) is 0 Å². The Morgan fingerprint density at radius 2 is 1.89 bits per heavy atom. The Balaban J connectivity index is 2.06. The van der Waals surface area contributed by atoms with E-state index in [9.17, 15) is 4.39 Å². The first-order valence-electron chi connectivity index (χ1n) is 5.66. The zero-order valence-corrected chi connectivity index (χ0v) is 10.5. The van der Waals surface area contributed by atoms with Crippen LogP contribution in [0, 0.1) is 5.82 Å². The van der Waals surface area contributed by atoms with Crippen LogP contribution in [0.4, 0.5) is 15.9 Å². The molecule has 5 heteroatoms. The molecule has 0 fully saturated rings. The Hall–Kier alpha value is -2.20. The van der Waals surface area contributed by atoms with Crippen molar-refractivity contribution >= 4 is 34.0 Å². The third-order valence-corrected chi connectivity index (χ3v) is 3.04. The number of para-hydroxylation sites is 1. The summed E-state index contributed by atoms with van der Waals surface area (Å²) >= 11 is 5.98. The molecule has 0 aliphatic heterocycles. The average molecular weight is 274 g/mol. The SMILES string of the molecule is Fc1ccc(Nc2ncnc3ccccc23)c(Cl)c1. The molecule has 0 spiro atoms. The highest BCUT2D eigenvalue weighted by Crippen LogP contribution is 2.28. The number of halogens is 2. The Bertz CT molecular complexity index is 740. The number of nitrogens with zero attached hydrogens (tertiary/aromatic N) is 2. The summed E-state index contributed by atoms with van der Waals surface area (Å²) in [5.74, 6) is 0.266. The van der Waals surface area contributed by atoms with E-state index in [2.05, 4.69) is 15.3 Å². The molecular weight excluding hydrogens is 265 g/mol. The van der Waals surface area contributed by atoms with Crippen LogP contribution in [0.3, 0.4) is 0 Å². The number of hydrogen-bond acceptors (Lipinski definition) is 3. The number of aromatic nitrogens is 2. The number of benzene rings is 2. The van der Waals surface area contributed by atoms with Crippen molar-refractivity contribution in [2.24, 2.45) is 0 Å². The van der Waals surface area contributed by atoms with E-state index in [1.165, 1.54) is 18.5 Å². The van der Waals surface area contributed by atoms with Crippen LogP contribution in [0.5, 0.6) is 0 Å². The molecule has 2 aromatic carbocycles. The zero-order valence-electron chi connectivity index (χ0n) is 9.77. The smallest absolute Gasteiger partial charge is 0.141 e. The number of hydrogen-bond donors (Lipinski definition) is 1. The van der Waals surface area contributed by atoms with Gasteiger partial charge in [-0.1, -0.05) is 23.7 Å². The molecule has 3 nitrogen and oxygen atoms in total. The van der Waals surface area contributed by atoms with Crippen LogP contribution >= 0.6 is 11.6 Å². The summed E-state index contributed by atoms with van der Waals surface area (Å²) in [6.07, 6.45) is 1.47. The van der Waals surface area contributed by atoms with Gasteiger partial charge < -0.3 is 5.32 Å². The van der Waals surface area contributed by atoms with Gasteiger partial charge in [-0.2, -0.15) is 0 Å². The largest absolute Gasteiger partial charge is 0.338 e. The molecule has 19 heavy (non-hydrogen) atoms. The van der Waals surface area contributed by atoms with Gasteiger partial charge in [-0.3, -0.25) is 0 Å².